The highest BCUT2D eigenvalue weighted by atomic mass is 32.1. The van der Waals surface area contributed by atoms with Crippen molar-refractivity contribution in [1.82, 2.24) is 9.55 Å². The van der Waals surface area contributed by atoms with E-state index in [2.05, 4.69) is 10.3 Å². The first kappa shape index (κ1) is 21.5. The molecular formula is C20H21N3O6S. The van der Waals surface area contributed by atoms with Crippen LogP contribution >= 0.6 is 11.3 Å². The van der Waals surface area contributed by atoms with E-state index in [4.69, 9.17) is 9.47 Å². The van der Waals surface area contributed by atoms with Gasteiger partial charge < -0.3 is 19.9 Å². The van der Waals surface area contributed by atoms with Crippen molar-refractivity contribution in [3.8, 4) is 5.75 Å². The minimum atomic E-state index is -1.22. The van der Waals surface area contributed by atoms with E-state index < -0.39 is 17.4 Å². The van der Waals surface area contributed by atoms with Crippen LogP contribution in [0.5, 0.6) is 5.75 Å². The molecule has 0 radical (unpaired) electrons. The number of rotatable bonds is 9. The smallest absolute Gasteiger partial charge is 0.337 e. The summed E-state index contributed by atoms with van der Waals surface area (Å²) in [4.78, 5) is 42.0. The minimum Gasteiger partial charge on any atom is -0.492 e. The number of carboxylic acid groups (broad SMARTS) is 1. The lowest BCUT2D eigenvalue weighted by Crippen LogP contribution is -2.32. The SMILES string of the molecule is CCOc1ccccc1NC(=O)Cn1c(CCOC)nc2scc(C(=O)O)c2c1=O. The fraction of sp³-hybridized carbons (Fsp3) is 0.300. The van der Waals surface area contributed by atoms with Crippen LogP contribution in [0.2, 0.25) is 0 Å². The van der Waals surface area contributed by atoms with Crippen LogP contribution in [0.3, 0.4) is 0 Å². The molecule has 0 aliphatic carbocycles. The van der Waals surface area contributed by atoms with Gasteiger partial charge in [0.15, 0.2) is 0 Å². The molecule has 0 saturated heterocycles. The fourth-order valence-electron chi connectivity index (χ4n) is 2.96. The second-order valence-electron chi connectivity index (χ2n) is 6.27. The number of ether oxygens (including phenoxy) is 2. The number of aromatic nitrogens is 2. The topological polar surface area (TPSA) is 120 Å². The predicted octanol–water partition coefficient (Wildman–Crippen LogP) is 2.38. The third-order valence-electron chi connectivity index (χ3n) is 4.30. The lowest BCUT2D eigenvalue weighted by atomic mass is 10.2. The summed E-state index contributed by atoms with van der Waals surface area (Å²) in [6.45, 7) is 2.24. The second kappa shape index (κ2) is 9.51. The Morgan fingerprint density at radius 3 is 2.77 bits per heavy atom. The number of hydrogen-bond donors (Lipinski definition) is 2. The molecule has 2 N–H and O–H groups in total. The minimum absolute atomic E-state index is 0.00353. The standard InChI is InChI=1S/C20H21N3O6S/c1-3-29-14-7-5-4-6-13(14)21-16(24)10-23-15(8-9-28-2)22-18-17(19(23)25)12(11-30-18)20(26)27/h4-7,11H,3,8-10H2,1-2H3,(H,21,24)(H,26,27). The van der Waals surface area contributed by atoms with Gasteiger partial charge in [-0.3, -0.25) is 14.2 Å². The quantitative estimate of drug-likeness (QED) is 0.534. The third kappa shape index (κ3) is 4.50. The molecule has 9 nitrogen and oxygen atoms in total. The van der Waals surface area contributed by atoms with E-state index in [1.807, 2.05) is 6.92 Å². The number of nitrogens with one attached hydrogen (secondary N) is 1. The van der Waals surface area contributed by atoms with Gasteiger partial charge in [-0.2, -0.15) is 0 Å². The number of methoxy groups -OCH3 is 1. The molecule has 0 atom stereocenters. The molecule has 0 fully saturated rings. The number of thiophene rings is 1. The normalized spacial score (nSPS) is 10.9. The van der Waals surface area contributed by atoms with Gasteiger partial charge in [0, 0.05) is 18.9 Å². The molecule has 2 heterocycles. The van der Waals surface area contributed by atoms with Crippen molar-refractivity contribution >= 4 is 39.1 Å². The summed E-state index contributed by atoms with van der Waals surface area (Å²) in [7, 11) is 1.52. The number of carboxylic acids is 1. The molecule has 0 aliphatic rings. The molecule has 3 aromatic rings. The average Bonchev–Trinajstić information content (AvgIpc) is 3.15. The van der Waals surface area contributed by atoms with Gasteiger partial charge in [0.1, 0.15) is 22.9 Å². The largest absolute Gasteiger partial charge is 0.492 e. The summed E-state index contributed by atoms with van der Waals surface area (Å²) in [6, 6.07) is 6.97. The molecule has 0 saturated carbocycles. The summed E-state index contributed by atoms with van der Waals surface area (Å²) in [5, 5.41) is 13.5. The second-order valence-corrected chi connectivity index (χ2v) is 7.13. The zero-order valence-corrected chi connectivity index (χ0v) is 17.3. The Hall–Kier alpha value is -3.24. The summed E-state index contributed by atoms with van der Waals surface area (Å²) in [6.07, 6.45) is 0.296. The fourth-order valence-corrected chi connectivity index (χ4v) is 3.88. The first-order chi connectivity index (χ1) is 14.5. The predicted molar refractivity (Wildman–Crippen MR) is 113 cm³/mol. The van der Waals surface area contributed by atoms with Gasteiger partial charge in [-0.25, -0.2) is 9.78 Å². The molecule has 0 bridgehead atoms. The van der Waals surface area contributed by atoms with Crippen molar-refractivity contribution in [2.45, 2.75) is 19.9 Å². The highest BCUT2D eigenvalue weighted by Crippen LogP contribution is 2.24. The van der Waals surface area contributed by atoms with E-state index in [1.54, 1.807) is 24.3 Å². The van der Waals surface area contributed by atoms with Gasteiger partial charge in [-0.15, -0.1) is 11.3 Å². The molecule has 0 unspecified atom stereocenters. The maximum atomic E-state index is 13.1. The van der Waals surface area contributed by atoms with E-state index >= 15 is 0 Å². The highest BCUT2D eigenvalue weighted by molar-refractivity contribution is 7.17. The summed E-state index contributed by atoms with van der Waals surface area (Å²) in [5.74, 6) is -0.816. The number of carbonyl (C=O) groups is 2. The Morgan fingerprint density at radius 2 is 2.07 bits per heavy atom. The first-order valence-electron chi connectivity index (χ1n) is 9.21. The van der Waals surface area contributed by atoms with E-state index in [1.165, 1.54) is 17.1 Å². The van der Waals surface area contributed by atoms with E-state index in [-0.39, 0.29) is 17.5 Å². The van der Waals surface area contributed by atoms with Crippen LogP contribution in [0.15, 0.2) is 34.4 Å². The van der Waals surface area contributed by atoms with Gasteiger partial charge in [0.25, 0.3) is 5.56 Å². The lowest BCUT2D eigenvalue weighted by molar-refractivity contribution is -0.116. The Labute approximate surface area is 175 Å². The monoisotopic (exact) mass is 431 g/mol. The number of amides is 1. The van der Waals surface area contributed by atoms with Crippen molar-refractivity contribution in [2.24, 2.45) is 0 Å². The molecule has 0 aliphatic heterocycles. The van der Waals surface area contributed by atoms with Gasteiger partial charge in [0.2, 0.25) is 5.91 Å². The number of anilines is 1. The van der Waals surface area contributed by atoms with Crippen LogP contribution in [-0.4, -0.2) is 46.9 Å². The van der Waals surface area contributed by atoms with Gasteiger partial charge >= 0.3 is 5.97 Å². The van der Waals surface area contributed by atoms with Crippen molar-refractivity contribution in [3.05, 3.63) is 51.4 Å². The summed E-state index contributed by atoms with van der Waals surface area (Å²) in [5.41, 5.74) is -0.216. The van der Waals surface area contributed by atoms with Gasteiger partial charge in [0.05, 0.1) is 29.9 Å². The maximum absolute atomic E-state index is 13.1. The van der Waals surface area contributed by atoms with E-state index in [9.17, 15) is 19.5 Å². The molecule has 2 aromatic heterocycles. The van der Waals surface area contributed by atoms with Crippen LogP contribution in [0.25, 0.3) is 10.2 Å². The lowest BCUT2D eigenvalue weighted by Gasteiger charge is -2.14. The number of para-hydroxylation sites is 2. The molecule has 1 aromatic carbocycles. The number of aromatic carboxylic acids is 1. The maximum Gasteiger partial charge on any atom is 0.337 e. The van der Waals surface area contributed by atoms with Crippen molar-refractivity contribution in [1.29, 1.82) is 0 Å². The summed E-state index contributed by atoms with van der Waals surface area (Å²) >= 11 is 1.08. The molecule has 0 spiro atoms. The number of benzene rings is 1. The van der Waals surface area contributed by atoms with Crippen molar-refractivity contribution in [2.75, 3.05) is 25.6 Å². The molecular weight excluding hydrogens is 410 g/mol. The van der Waals surface area contributed by atoms with E-state index in [0.29, 0.717) is 41.7 Å². The van der Waals surface area contributed by atoms with E-state index in [0.717, 1.165) is 11.3 Å². The molecule has 158 valence electrons. The van der Waals surface area contributed by atoms with Gasteiger partial charge in [-0.1, -0.05) is 12.1 Å². The molecule has 1 amide bonds. The van der Waals surface area contributed by atoms with Gasteiger partial charge in [-0.05, 0) is 19.1 Å². The highest BCUT2D eigenvalue weighted by Gasteiger charge is 2.21. The zero-order chi connectivity index (χ0) is 21.7. The Morgan fingerprint density at radius 1 is 1.30 bits per heavy atom. The van der Waals surface area contributed by atoms with Crippen LogP contribution in [0, 0.1) is 0 Å². The Kier molecular flexibility index (Phi) is 6.80. The number of nitrogens with zero attached hydrogens (tertiary/aromatic N) is 2. The number of hydrogen-bond acceptors (Lipinski definition) is 7. The number of fused-ring (bicyclic) bond motifs is 1. The zero-order valence-electron chi connectivity index (χ0n) is 16.5. The first-order valence-corrected chi connectivity index (χ1v) is 10.1. The molecule has 3 rings (SSSR count). The van der Waals surface area contributed by atoms with Crippen LogP contribution in [-0.2, 0) is 22.5 Å². The van der Waals surface area contributed by atoms with Crippen LogP contribution < -0.4 is 15.6 Å². The molecule has 10 heteroatoms. The van der Waals surface area contributed by atoms with Crippen LogP contribution in [0.4, 0.5) is 5.69 Å². The average molecular weight is 431 g/mol. The summed E-state index contributed by atoms with van der Waals surface area (Å²) < 4.78 is 11.8. The Bertz CT molecular complexity index is 1140. The van der Waals surface area contributed by atoms with Crippen molar-refractivity contribution in [3.63, 3.8) is 0 Å². The third-order valence-corrected chi connectivity index (χ3v) is 5.17. The molecule has 30 heavy (non-hydrogen) atoms. The van der Waals surface area contributed by atoms with Crippen molar-refractivity contribution < 1.29 is 24.2 Å². The Balaban J connectivity index is 1.98. The van der Waals surface area contributed by atoms with Crippen LogP contribution in [0.1, 0.15) is 23.1 Å². The number of carbonyl (C=O) groups excluding carboxylic acids is 1.